The van der Waals surface area contributed by atoms with E-state index in [-0.39, 0.29) is 11.6 Å². The summed E-state index contributed by atoms with van der Waals surface area (Å²) in [5, 5.41) is 12.4. The lowest BCUT2D eigenvalue weighted by Gasteiger charge is -2.14. The predicted octanol–water partition coefficient (Wildman–Crippen LogP) is 6.57. The minimum absolute atomic E-state index is 0.0627. The summed E-state index contributed by atoms with van der Waals surface area (Å²) >= 11 is 4.44. The predicted molar refractivity (Wildman–Crippen MR) is 144 cm³/mol. The van der Waals surface area contributed by atoms with Gasteiger partial charge >= 0.3 is 0 Å². The van der Waals surface area contributed by atoms with E-state index in [9.17, 15) is 10.1 Å². The summed E-state index contributed by atoms with van der Waals surface area (Å²) in [5.41, 5.74) is 4.14. The first-order chi connectivity index (χ1) is 15.4. The second kappa shape index (κ2) is 11.5. The molecule has 0 saturated heterocycles. The van der Waals surface area contributed by atoms with Crippen molar-refractivity contribution in [1.29, 1.82) is 5.26 Å². The maximum atomic E-state index is 12.7. The highest BCUT2D eigenvalue weighted by Crippen LogP contribution is 2.30. The van der Waals surface area contributed by atoms with Crippen molar-refractivity contribution in [3.05, 3.63) is 102 Å². The molecule has 1 N–H and O–H groups in total. The third-order valence-electron chi connectivity index (χ3n) is 4.85. The van der Waals surface area contributed by atoms with Crippen LogP contribution in [-0.2, 0) is 11.4 Å². The van der Waals surface area contributed by atoms with Crippen LogP contribution in [0.1, 0.15) is 35.2 Å². The molecule has 4 nitrogen and oxygen atoms in total. The third-order valence-corrected chi connectivity index (χ3v) is 6.45. The van der Waals surface area contributed by atoms with E-state index in [1.54, 1.807) is 6.08 Å². The molecule has 3 aromatic carbocycles. The summed E-state index contributed by atoms with van der Waals surface area (Å²) < 4.78 is 7.89. The zero-order chi connectivity index (χ0) is 23.1. The third kappa shape index (κ3) is 6.56. The molecule has 0 fully saturated rings. The number of carbonyl (C=O) groups excluding carboxylic acids is 1. The smallest absolute Gasteiger partial charge is 0.262 e. The topological polar surface area (TPSA) is 62.1 Å². The first kappa shape index (κ1) is 24.3. The molecule has 0 radical (unpaired) electrons. The van der Waals surface area contributed by atoms with Gasteiger partial charge in [-0.15, -0.1) is 0 Å². The molecule has 0 aliphatic heterocycles. The number of amides is 1. The lowest BCUT2D eigenvalue weighted by Crippen LogP contribution is -2.27. The van der Waals surface area contributed by atoms with E-state index < -0.39 is 5.91 Å². The van der Waals surface area contributed by atoms with Crippen LogP contribution in [0.25, 0.3) is 6.08 Å². The van der Waals surface area contributed by atoms with Gasteiger partial charge < -0.3 is 10.1 Å². The van der Waals surface area contributed by atoms with Crippen molar-refractivity contribution in [2.75, 3.05) is 0 Å². The molecule has 3 rings (SSSR count). The van der Waals surface area contributed by atoms with E-state index >= 15 is 0 Å². The summed E-state index contributed by atoms with van der Waals surface area (Å²) in [6.07, 6.45) is 1.61. The molecule has 32 heavy (non-hydrogen) atoms. The Hall–Kier alpha value is -2.38. The van der Waals surface area contributed by atoms with E-state index in [2.05, 4.69) is 81.7 Å². The van der Waals surface area contributed by atoms with Crippen LogP contribution in [-0.4, -0.2) is 5.91 Å². The molecule has 0 aliphatic carbocycles. The highest BCUT2D eigenvalue weighted by molar-refractivity contribution is 14.1. The average Bonchev–Trinajstić information content (AvgIpc) is 2.78. The fourth-order valence-electron chi connectivity index (χ4n) is 3.06. The van der Waals surface area contributed by atoms with Crippen molar-refractivity contribution in [1.82, 2.24) is 5.32 Å². The molecule has 0 heterocycles. The van der Waals surface area contributed by atoms with E-state index in [1.807, 2.05) is 55.5 Å². The number of hydrogen-bond acceptors (Lipinski definition) is 3. The number of hydrogen-bond donors (Lipinski definition) is 1. The van der Waals surface area contributed by atoms with Crippen molar-refractivity contribution in [3.63, 3.8) is 0 Å². The van der Waals surface area contributed by atoms with Gasteiger partial charge in [-0.3, -0.25) is 4.79 Å². The molecule has 162 valence electrons. The second-order valence-electron chi connectivity index (χ2n) is 7.36. The molecular weight excluding hydrogens is 626 g/mol. The largest absolute Gasteiger partial charge is 0.487 e. The molecule has 0 aromatic heterocycles. The van der Waals surface area contributed by atoms with E-state index in [0.717, 1.165) is 29.6 Å². The Labute approximate surface area is 216 Å². The minimum Gasteiger partial charge on any atom is -0.487 e. The molecule has 0 saturated carbocycles. The van der Waals surface area contributed by atoms with Crippen LogP contribution in [0.2, 0.25) is 0 Å². The molecule has 1 amide bonds. The Kier molecular flexibility index (Phi) is 8.70. The average molecular weight is 648 g/mol. The zero-order valence-corrected chi connectivity index (χ0v) is 22.0. The Balaban J connectivity index is 1.74. The zero-order valence-electron chi connectivity index (χ0n) is 17.7. The van der Waals surface area contributed by atoms with Gasteiger partial charge in [0.2, 0.25) is 0 Å². The number of nitriles is 1. The van der Waals surface area contributed by atoms with Gasteiger partial charge in [-0.05, 0) is 93.9 Å². The fourth-order valence-corrected chi connectivity index (χ4v) is 5.18. The number of carbonyl (C=O) groups is 1. The van der Waals surface area contributed by atoms with Gasteiger partial charge in [-0.25, -0.2) is 0 Å². The molecule has 0 bridgehead atoms. The summed E-state index contributed by atoms with van der Waals surface area (Å²) in [5.74, 6) is 0.401. The molecular formula is C26H22I2N2O2. The van der Waals surface area contributed by atoms with Crippen molar-refractivity contribution >= 4 is 57.2 Å². The van der Waals surface area contributed by atoms with E-state index in [4.69, 9.17) is 4.74 Å². The number of nitrogens with one attached hydrogen (secondary N) is 1. The molecule has 1 atom stereocenters. The maximum absolute atomic E-state index is 12.7. The fraction of sp³-hybridized carbons (Fsp3) is 0.154. The Morgan fingerprint density at radius 1 is 1.09 bits per heavy atom. The molecule has 0 spiro atoms. The van der Waals surface area contributed by atoms with Crippen molar-refractivity contribution in [2.24, 2.45) is 0 Å². The summed E-state index contributed by atoms with van der Waals surface area (Å²) in [4.78, 5) is 12.7. The quantitative estimate of drug-likeness (QED) is 0.179. The Bertz CT molecular complexity index is 1140. The van der Waals surface area contributed by atoms with Crippen molar-refractivity contribution < 1.29 is 9.53 Å². The van der Waals surface area contributed by atoms with Crippen molar-refractivity contribution in [2.45, 2.75) is 26.5 Å². The molecule has 0 aliphatic rings. The Morgan fingerprint density at radius 2 is 1.72 bits per heavy atom. The van der Waals surface area contributed by atoms with Crippen LogP contribution in [0.3, 0.4) is 0 Å². The first-order valence-electron chi connectivity index (χ1n) is 10.0. The standard InChI is InChI=1S/C26H22I2N2O2/c1-17-8-10-19(11-9-17)16-32-25-23(27)13-20(14-24(25)28)12-22(15-29)26(31)30-18(2)21-6-4-3-5-7-21/h3-14,18H,16H2,1-2H3,(H,30,31)/b22-12-/t18-/m0/s1. The molecule has 6 heteroatoms. The van der Waals surface area contributed by atoms with Crippen LogP contribution in [0.4, 0.5) is 0 Å². The minimum atomic E-state index is -0.395. The number of halogens is 2. The lowest BCUT2D eigenvalue weighted by molar-refractivity contribution is -0.117. The SMILES string of the molecule is Cc1ccc(COc2c(I)cc(/C=C(/C#N)C(=O)N[C@@H](C)c3ccccc3)cc2I)cc1. The number of benzene rings is 3. The van der Waals surface area contributed by atoms with Crippen LogP contribution in [0, 0.1) is 25.4 Å². The van der Waals surface area contributed by atoms with Crippen LogP contribution in [0.15, 0.2) is 72.3 Å². The summed E-state index contributed by atoms with van der Waals surface area (Å²) in [7, 11) is 0. The van der Waals surface area contributed by atoms with Gasteiger partial charge in [-0.2, -0.15) is 5.26 Å². The monoisotopic (exact) mass is 648 g/mol. The number of nitrogens with zero attached hydrogens (tertiary/aromatic N) is 1. The summed E-state index contributed by atoms with van der Waals surface area (Å²) in [6.45, 7) is 4.43. The number of aryl methyl sites for hydroxylation is 1. The van der Waals surface area contributed by atoms with Crippen molar-refractivity contribution in [3.8, 4) is 11.8 Å². The van der Waals surface area contributed by atoms with E-state index in [1.165, 1.54) is 5.56 Å². The normalized spacial score (nSPS) is 12.0. The van der Waals surface area contributed by atoms with Crippen LogP contribution in [0.5, 0.6) is 5.75 Å². The lowest BCUT2D eigenvalue weighted by atomic mass is 10.1. The second-order valence-corrected chi connectivity index (χ2v) is 9.69. The van der Waals surface area contributed by atoms with Gasteiger partial charge in [0.15, 0.2) is 0 Å². The molecule has 0 unspecified atom stereocenters. The van der Waals surface area contributed by atoms with Gasteiger partial charge in [0.05, 0.1) is 13.2 Å². The van der Waals surface area contributed by atoms with Gasteiger partial charge in [0.1, 0.15) is 24.0 Å². The van der Waals surface area contributed by atoms with Gasteiger partial charge in [0.25, 0.3) is 5.91 Å². The highest BCUT2D eigenvalue weighted by Gasteiger charge is 2.15. The van der Waals surface area contributed by atoms with Gasteiger partial charge in [-0.1, -0.05) is 60.2 Å². The number of rotatable bonds is 7. The maximum Gasteiger partial charge on any atom is 0.262 e. The Morgan fingerprint density at radius 3 is 2.31 bits per heavy atom. The highest BCUT2D eigenvalue weighted by atomic mass is 127. The summed E-state index contributed by atoms with van der Waals surface area (Å²) in [6, 6.07) is 23.6. The van der Waals surface area contributed by atoms with Crippen LogP contribution >= 0.6 is 45.2 Å². The van der Waals surface area contributed by atoms with Crippen LogP contribution < -0.4 is 10.1 Å². The van der Waals surface area contributed by atoms with Gasteiger partial charge in [0, 0.05) is 0 Å². The number of ether oxygens (including phenoxy) is 1. The molecule has 3 aromatic rings. The first-order valence-corrected chi connectivity index (χ1v) is 12.2. The van der Waals surface area contributed by atoms with E-state index in [0.29, 0.717) is 6.61 Å².